The molecule has 0 unspecified atom stereocenters. The molecule has 0 N–H and O–H groups in total. The van der Waals surface area contributed by atoms with E-state index < -0.39 is 5.63 Å². The second-order valence-corrected chi connectivity index (χ2v) is 5.44. The van der Waals surface area contributed by atoms with Crippen molar-refractivity contribution >= 4 is 22.0 Å². The molecule has 2 aromatic heterocycles. The van der Waals surface area contributed by atoms with Crippen LogP contribution in [-0.2, 0) is 0 Å². The second-order valence-electron chi connectivity index (χ2n) is 5.44. The summed E-state index contributed by atoms with van der Waals surface area (Å²) < 4.78 is 7.34. The van der Waals surface area contributed by atoms with E-state index in [9.17, 15) is 4.79 Å². The van der Waals surface area contributed by atoms with E-state index in [2.05, 4.69) is 31.0 Å². The number of hydrogen-bond donors (Lipinski definition) is 0. The summed E-state index contributed by atoms with van der Waals surface area (Å²) in [7, 11) is 0. The third-order valence-corrected chi connectivity index (χ3v) is 3.99. The molecule has 0 spiro atoms. The van der Waals surface area contributed by atoms with Gasteiger partial charge in [-0.1, -0.05) is 30.3 Å². The summed E-state index contributed by atoms with van der Waals surface area (Å²) in [5.41, 5.74) is 4.66. The Morgan fingerprint density at radius 2 is 1.73 bits per heavy atom. The van der Waals surface area contributed by atoms with Crippen molar-refractivity contribution in [3.63, 3.8) is 0 Å². The van der Waals surface area contributed by atoms with Crippen LogP contribution in [-0.4, -0.2) is 9.55 Å². The van der Waals surface area contributed by atoms with Crippen molar-refractivity contribution in [1.82, 2.24) is 9.55 Å². The fourth-order valence-electron chi connectivity index (χ4n) is 3.01. The molecule has 0 saturated heterocycles. The summed E-state index contributed by atoms with van der Waals surface area (Å²) in [5, 5.41) is 0.886. The number of para-hydroxylation sites is 2. The van der Waals surface area contributed by atoms with Crippen molar-refractivity contribution in [1.29, 1.82) is 0 Å². The highest BCUT2D eigenvalue weighted by Crippen LogP contribution is 2.27. The average molecular weight is 290 g/mol. The summed E-state index contributed by atoms with van der Waals surface area (Å²) in [6, 6.07) is 13.7. The second kappa shape index (κ2) is 4.56. The molecule has 0 aliphatic rings. The third kappa shape index (κ3) is 1.70. The maximum absolute atomic E-state index is 12.2. The average Bonchev–Trinajstić information content (AvgIpc) is 2.93. The van der Waals surface area contributed by atoms with E-state index in [0.29, 0.717) is 11.1 Å². The molecule has 4 nitrogen and oxygen atoms in total. The zero-order chi connectivity index (χ0) is 15.3. The number of benzene rings is 2. The van der Waals surface area contributed by atoms with E-state index in [-0.39, 0.29) is 0 Å². The van der Waals surface area contributed by atoms with Gasteiger partial charge in [0.25, 0.3) is 0 Å². The van der Waals surface area contributed by atoms with E-state index in [4.69, 9.17) is 4.42 Å². The molecule has 0 radical (unpaired) electrons. The van der Waals surface area contributed by atoms with Gasteiger partial charge in [-0.05, 0) is 37.1 Å². The molecule has 0 aliphatic heterocycles. The van der Waals surface area contributed by atoms with Crippen LogP contribution in [0.2, 0.25) is 0 Å². The molecule has 0 atom stereocenters. The van der Waals surface area contributed by atoms with Gasteiger partial charge < -0.3 is 4.42 Å². The van der Waals surface area contributed by atoms with Crippen LogP contribution in [0.3, 0.4) is 0 Å². The lowest BCUT2D eigenvalue weighted by atomic mass is 10.1. The zero-order valence-corrected chi connectivity index (χ0v) is 12.3. The Kier molecular flexibility index (Phi) is 2.66. The van der Waals surface area contributed by atoms with Crippen molar-refractivity contribution in [3.8, 4) is 5.69 Å². The number of aryl methyl sites for hydroxylation is 2. The summed E-state index contributed by atoms with van der Waals surface area (Å²) in [6.07, 6.45) is 1.70. The van der Waals surface area contributed by atoms with E-state index in [1.165, 1.54) is 0 Å². The van der Waals surface area contributed by atoms with Gasteiger partial charge in [0.15, 0.2) is 5.52 Å². The summed E-state index contributed by atoms with van der Waals surface area (Å²) in [6.45, 7) is 4.11. The van der Waals surface area contributed by atoms with Gasteiger partial charge in [0.2, 0.25) is 0 Å². The molecule has 22 heavy (non-hydrogen) atoms. The van der Waals surface area contributed by atoms with Gasteiger partial charge in [-0.3, -0.25) is 4.57 Å². The smallest absolute Gasteiger partial charge is 0.364 e. The van der Waals surface area contributed by atoms with Gasteiger partial charge in [-0.2, -0.15) is 0 Å². The quantitative estimate of drug-likeness (QED) is 0.502. The first kappa shape index (κ1) is 12.8. The fourth-order valence-corrected chi connectivity index (χ4v) is 3.01. The number of aromatic nitrogens is 2. The van der Waals surface area contributed by atoms with E-state index >= 15 is 0 Å². The molecule has 2 heterocycles. The highest BCUT2D eigenvalue weighted by molar-refractivity contribution is 6.01. The largest absolute Gasteiger partial charge is 0.421 e. The van der Waals surface area contributed by atoms with Crippen LogP contribution in [0.4, 0.5) is 0 Å². The lowest BCUT2D eigenvalue weighted by molar-refractivity contribution is 0.568. The Morgan fingerprint density at radius 3 is 2.50 bits per heavy atom. The van der Waals surface area contributed by atoms with Crippen LogP contribution in [0.15, 0.2) is 58.0 Å². The van der Waals surface area contributed by atoms with Gasteiger partial charge >= 0.3 is 5.63 Å². The predicted octanol–water partition coefficient (Wildman–Crippen LogP) is 3.75. The van der Waals surface area contributed by atoms with Crippen LogP contribution in [0.5, 0.6) is 0 Å². The normalized spacial score (nSPS) is 11.4. The molecule has 0 fully saturated rings. The molecule has 4 aromatic rings. The monoisotopic (exact) mass is 290 g/mol. The van der Waals surface area contributed by atoms with Crippen LogP contribution in [0.1, 0.15) is 11.1 Å². The Hall–Kier alpha value is -2.88. The standard InChI is InChI=1S/C18H14N2O2/c1-11-6-5-7-12(2)16(11)20-10-19-15-17(20)13-8-3-4-9-14(13)22-18(15)21/h3-10H,1-2H3. The van der Waals surface area contributed by atoms with Gasteiger partial charge in [-0.25, -0.2) is 9.78 Å². The number of rotatable bonds is 1. The van der Waals surface area contributed by atoms with E-state index in [1.54, 1.807) is 12.4 Å². The minimum atomic E-state index is -0.404. The lowest BCUT2D eigenvalue weighted by Crippen LogP contribution is -2.03. The first-order valence-corrected chi connectivity index (χ1v) is 7.12. The third-order valence-electron chi connectivity index (χ3n) is 3.99. The topological polar surface area (TPSA) is 48.0 Å². The Balaban J connectivity index is 2.23. The summed E-state index contributed by atoms with van der Waals surface area (Å²) in [5.74, 6) is 0. The molecule has 0 bridgehead atoms. The van der Waals surface area contributed by atoms with Crippen LogP contribution >= 0.6 is 0 Å². The maximum atomic E-state index is 12.2. The molecular formula is C18H14N2O2. The van der Waals surface area contributed by atoms with E-state index in [0.717, 1.165) is 27.7 Å². The number of hydrogen-bond acceptors (Lipinski definition) is 3. The fraction of sp³-hybridized carbons (Fsp3) is 0.111. The highest BCUT2D eigenvalue weighted by Gasteiger charge is 2.15. The van der Waals surface area contributed by atoms with Crippen molar-refractivity contribution in [2.24, 2.45) is 0 Å². The molecule has 0 saturated carbocycles. The summed E-state index contributed by atoms with van der Waals surface area (Å²) >= 11 is 0. The number of fused-ring (bicyclic) bond motifs is 3. The molecule has 4 heteroatoms. The van der Waals surface area contributed by atoms with Gasteiger partial charge in [0.1, 0.15) is 11.9 Å². The molecular weight excluding hydrogens is 276 g/mol. The minimum Gasteiger partial charge on any atom is -0.421 e. The van der Waals surface area contributed by atoms with Crippen molar-refractivity contribution in [2.75, 3.05) is 0 Å². The van der Waals surface area contributed by atoms with Crippen molar-refractivity contribution in [3.05, 3.63) is 70.3 Å². The highest BCUT2D eigenvalue weighted by atomic mass is 16.4. The number of nitrogens with zero attached hydrogens (tertiary/aromatic N) is 2. The lowest BCUT2D eigenvalue weighted by Gasteiger charge is -2.12. The maximum Gasteiger partial charge on any atom is 0.364 e. The van der Waals surface area contributed by atoms with Gasteiger partial charge in [-0.15, -0.1) is 0 Å². The molecule has 108 valence electrons. The predicted molar refractivity (Wildman–Crippen MR) is 86.6 cm³/mol. The Bertz CT molecular complexity index is 1050. The number of imidazole rings is 1. The minimum absolute atomic E-state index is 0.362. The summed E-state index contributed by atoms with van der Waals surface area (Å²) in [4.78, 5) is 16.4. The Morgan fingerprint density at radius 1 is 1.00 bits per heavy atom. The van der Waals surface area contributed by atoms with Crippen molar-refractivity contribution in [2.45, 2.75) is 13.8 Å². The van der Waals surface area contributed by atoms with Gasteiger partial charge in [0.05, 0.1) is 11.2 Å². The van der Waals surface area contributed by atoms with Crippen molar-refractivity contribution < 1.29 is 4.42 Å². The Labute approximate surface area is 126 Å². The van der Waals surface area contributed by atoms with E-state index in [1.807, 2.05) is 28.8 Å². The van der Waals surface area contributed by atoms with Crippen LogP contribution < -0.4 is 5.63 Å². The van der Waals surface area contributed by atoms with Crippen LogP contribution in [0, 0.1) is 13.8 Å². The molecule has 0 aliphatic carbocycles. The molecule has 4 rings (SSSR count). The van der Waals surface area contributed by atoms with Crippen LogP contribution in [0.25, 0.3) is 27.7 Å². The first-order chi connectivity index (χ1) is 10.7. The molecule has 0 amide bonds. The molecule has 2 aromatic carbocycles. The SMILES string of the molecule is Cc1cccc(C)c1-n1cnc2c(=O)oc3ccccc3c21. The van der Waals surface area contributed by atoms with Gasteiger partial charge in [0, 0.05) is 5.39 Å². The zero-order valence-electron chi connectivity index (χ0n) is 12.3. The first-order valence-electron chi connectivity index (χ1n) is 7.12.